The largest absolute Gasteiger partial charge is 0.507 e. The number of pyridine rings is 2. The van der Waals surface area contributed by atoms with E-state index in [1.54, 1.807) is 24.5 Å². The second-order valence-corrected chi connectivity index (χ2v) is 16.2. The molecular weight excluding hydrogens is 854 g/mol. The maximum Gasteiger partial charge on any atom is 0.148 e. The van der Waals surface area contributed by atoms with Gasteiger partial charge in [0.25, 0.3) is 0 Å². The van der Waals surface area contributed by atoms with Crippen LogP contribution >= 0.6 is 0 Å². The van der Waals surface area contributed by atoms with Gasteiger partial charge in [-0.2, -0.15) is 0 Å². The number of hydrogen-bond acceptors (Lipinski definition) is 6. The minimum atomic E-state index is 0. The average Bonchev–Trinajstić information content (AvgIpc) is 3.93. The van der Waals surface area contributed by atoms with Crippen molar-refractivity contribution in [2.45, 2.75) is 0 Å². The van der Waals surface area contributed by atoms with Gasteiger partial charge in [-0.3, -0.25) is 9.97 Å². The van der Waals surface area contributed by atoms with Crippen molar-refractivity contribution in [2.75, 3.05) is 0 Å². The molecule has 7 heteroatoms. The molecule has 0 fully saturated rings. The fraction of sp³-hybridized carbons (Fsp3) is 0. The quantitative estimate of drug-likeness (QED) is 0.133. The van der Waals surface area contributed by atoms with Crippen LogP contribution in [0.4, 0.5) is 0 Å². The molecule has 4 heterocycles. The summed E-state index contributed by atoms with van der Waals surface area (Å²) in [7, 11) is 0. The number of benzene rings is 10. The molecule has 0 bridgehead atoms. The Morgan fingerprint density at radius 1 is 0.277 bits per heavy atom. The van der Waals surface area contributed by atoms with E-state index in [0.29, 0.717) is 33.7 Å². The van der Waals surface area contributed by atoms with E-state index in [-0.39, 0.29) is 31.0 Å². The van der Waals surface area contributed by atoms with Gasteiger partial charge in [-0.1, -0.05) is 121 Å². The molecular formula is C58H34N2O4Zn. The van der Waals surface area contributed by atoms with Crippen molar-refractivity contribution in [1.82, 2.24) is 9.97 Å². The Balaban J connectivity index is 0.000000135. The second-order valence-electron chi connectivity index (χ2n) is 16.2. The van der Waals surface area contributed by atoms with Crippen molar-refractivity contribution >= 4 is 109 Å². The maximum absolute atomic E-state index is 10.7. The van der Waals surface area contributed by atoms with Crippen LogP contribution in [-0.2, 0) is 19.5 Å². The molecule has 0 saturated heterocycles. The summed E-state index contributed by atoms with van der Waals surface area (Å²) in [5.74, 6) is 0.324. The monoisotopic (exact) mass is 886 g/mol. The number of aromatic hydroxyl groups is 2. The van der Waals surface area contributed by atoms with Crippen molar-refractivity contribution in [3.05, 3.63) is 194 Å². The van der Waals surface area contributed by atoms with Crippen LogP contribution in [0.1, 0.15) is 0 Å². The van der Waals surface area contributed by atoms with Gasteiger partial charge in [0.1, 0.15) is 33.8 Å². The third-order valence-electron chi connectivity index (χ3n) is 12.8. The Morgan fingerprint density at radius 3 is 0.908 bits per heavy atom. The minimum Gasteiger partial charge on any atom is -0.507 e. The van der Waals surface area contributed by atoms with Crippen LogP contribution in [0.15, 0.2) is 203 Å². The topological polar surface area (TPSA) is 92.5 Å². The molecule has 0 aliphatic rings. The van der Waals surface area contributed by atoms with Gasteiger partial charge in [-0.05, 0) is 115 Å². The summed E-state index contributed by atoms with van der Waals surface area (Å²) in [5, 5.41) is 39.6. The molecule has 0 unspecified atom stereocenters. The van der Waals surface area contributed by atoms with Gasteiger partial charge < -0.3 is 19.0 Å². The van der Waals surface area contributed by atoms with Crippen LogP contribution in [0.3, 0.4) is 0 Å². The number of aromatic nitrogens is 2. The van der Waals surface area contributed by atoms with Crippen LogP contribution in [0.5, 0.6) is 11.5 Å². The van der Waals surface area contributed by atoms with E-state index in [9.17, 15) is 10.2 Å². The molecule has 0 spiro atoms. The Morgan fingerprint density at radius 2 is 0.554 bits per heavy atom. The fourth-order valence-electron chi connectivity index (χ4n) is 10.1. The number of rotatable bonds is 2. The van der Waals surface area contributed by atoms with E-state index in [0.717, 1.165) is 65.0 Å². The summed E-state index contributed by atoms with van der Waals surface area (Å²) >= 11 is 0. The summed E-state index contributed by atoms with van der Waals surface area (Å²) in [6.07, 6.45) is 3.45. The number of hydrogen-bond donors (Lipinski definition) is 2. The molecule has 0 amide bonds. The molecule has 302 valence electrons. The number of fused-ring (bicyclic) bond motifs is 20. The van der Waals surface area contributed by atoms with Crippen LogP contribution in [0, 0.1) is 0 Å². The first-order chi connectivity index (χ1) is 31.6. The molecule has 4 aromatic heterocycles. The zero-order valence-corrected chi connectivity index (χ0v) is 37.8. The SMILES string of the molecule is Oc1ccc2c(oc3c2ccc2c4ccccc4c4ccccc4c23)c1-c1ccccn1.Oc1ccc2c(oc3c2ccc2c4ccccc4c4ccccc4c23)c1-c1ccccn1.[Zn]. The van der Waals surface area contributed by atoms with Crippen molar-refractivity contribution in [1.29, 1.82) is 0 Å². The van der Waals surface area contributed by atoms with E-state index in [1.807, 2.05) is 48.5 Å². The third-order valence-corrected chi connectivity index (χ3v) is 12.8. The first-order valence-corrected chi connectivity index (χ1v) is 21.3. The van der Waals surface area contributed by atoms with Gasteiger partial charge in [-0.15, -0.1) is 0 Å². The molecule has 0 radical (unpaired) electrons. The Bertz CT molecular complexity index is 3870. The average molecular weight is 888 g/mol. The molecule has 0 aliphatic carbocycles. The Kier molecular flexibility index (Phi) is 8.90. The summed E-state index contributed by atoms with van der Waals surface area (Å²) in [6, 6.07) is 61.3. The van der Waals surface area contributed by atoms with Crippen LogP contribution in [0.2, 0.25) is 0 Å². The van der Waals surface area contributed by atoms with Gasteiger partial charge >= 0.3 is 0 Å². The van der Waals surface area contributed by atoms with Gasteiger partial charge in [0.15, 0.2) is 0 Å². The third kappa shape index (κ3) is 5.76. The summed E-state index contributed by atoms with van der Waals surface area (Å²) in [4.78, 5) is 8.93. The van der Waals surface area contributed by atoms with Crippen molar-refractivity contribution in [3.63, 3.8) is 0 Å². The first-order valence-electron chi connectivity index (χ1n) is 21.3. The molecule has 65 heavy (non-hydrogen) atoms. The van der Waals surface area contributed by atoms with Gasteiger partial charge in [-0.25, -0.2) is 0 Å². The molecule has 6 nitrogen and oxygen atoms in total. The van der Waals surface area contributed by atoms with Gasteiger partial charge in [0.05, 0.1) is 22.5 Å². The molecule has 0 aliphatic heterocycles. The van der Waals surface area contributed by atoms with Crippen molar-refractivity contribution in [3.8, 4) is 34.0 Å². The normalized spacial score (nSPS) is 11.7. The molecule has 0 saturated carbocycles. The standard InChI is InChI=1S/2C29H17NO2.Zn/c2*31-25-15-14-23-22-13-12-21-19-9-2-1-7-17(19)18-8-3-4-10-20(18)26(21)28(22)32-29(23)27(25)24-11-5-6-16-30-24;/h2*1-16,31H;. The number of phenols is 2. The number of phenolic OH excluding ortho intramolecular Hbond substituents is 2. The molecule has 2 N–H and O–H groups in total. The summed E-state index contributed by atoms with van der Waals surface area (Å²) in [5.41, 5.74) is 5.61. The number of furan rings is 2. The van der Waals surface area contributed by atoms with Gasteiger partial charge in [0, 0.05) is 64.2 Å². The molecule has 14 rings (SSSR count). The second kappa shape index (κ2) is 15.0. The molecule has 10 aromatic carbocycles. The van der Waals surface area contributed by atoms with E-state index in [1.165, 1.54) is 32.3 Å². The summed E-state index contributed by atoms with van der Waals surface area (Å²) in [6.45, 7) is 0. The van der Waals surface area contributed by atoms with E-state index < -0.39 is 0 Å². The minimum absolute atomic E-state index is 0. The Labute approximate surface area is 383 Å². The van der Waals surface area contributed by atoms with Gasteiger partial charge in [0.2, 0.25) is 0 Å². The predicted octanol–water partition coefficient (Wildman–Crippen LogP) is 15.6. The van der Waals surface area contributed by atoms with E-state index in [4.69, 9.17) is 8.83 Å². The van der Waals surface area contributed by atoms with Crippen molar-refractivity contribution < 1.29 is 38.5 Å². The molecule has 0 atom stereocenters. The smallest absolute Gasteiger partial charge is 0.148 e. The van der Waals surface area contributed by atoms with E-state index in [2.05, 4.69) is 131 Å². The van der Waals surface area contributed by atoms with E-state index >= 15 is 0 Å². The van der Waals surface area contributed by atoms with Crippen LogP contribution in [-0.4, -0.2) is 20.2 Å². The first kappa shape index (κ1) is 38.5. The zero-order chi connectivity index (χ0) is 42.5. The zero-order valence-electron chi connectivity index (χ0n) is 34.8. The maximum atomic E-state index is 10.7. The fourth-order valence-corrected chi connectivity index (χ4v) is 10.1. The Hall–Kier alpha value is -8.12. The molecule has 14 aromatic rings. The predicted molar refractivity (Wildman–Crippen MR) is 262 cm³/mol. The summed E-state index contributed by atoms with van der Waals surface area (Å²) < 4.78 is 13.2. The van der Waals surface area contributed by atoms with Crippen LogP contribution in [0.25, 0.3) is 131 Å². The number of nitrogens with zero attached hydrogens (tertiary/aromatic N) is 2. The van der Waals surface area contributed by atoms with Crippen LogP contribution < -0.4 is 0 Å². The van der Waals surface area contributed by atoms with Crippen molar-refractivity contribution in [2.24, 2.45) is 0 Å².